The third-order valence-electron chi connectivity index (χ3n) is 4.80. The number of nitrogens with one attached hydrogen (secondary N) is 2. The molecule has 3 rings (SSSR count). The van der Waals surface area contributed by atoms with Gasteiger partial charge in [0.15, 0.2) is 0 Å². The van der Waals surface area contributed by atoms with Crippen LogP contribution in [-0.2, 0) is 16.0 Å². The summed E-state index contributed by atoms with van der Waals surface area (Å²) < 4.78 is 0. The van der Waals surface area contributed by atoms with Crippen molar-refractivity contribution in [1.82, 2.24) is 15.2 Å². The van der Waals surface area contributed by atoms with Crippen LogP contribution < -0.4 is 10.9 Å². The number of carbonyl (C=O) groups is 2. The predicted molar refractivity (Wildman–Crippen MR) is 101 cm³/mol. The first kappa shape index (κ1) is 18.2. The molecule has 0 spiro atoms. The minimum atomic E-state index is -0.136. The molecule has 6 nitrogen and oxygen atoms in total. The van der Waals surface area contributed by atoms with Crippen LogP contribution in [0, 0.1) is 6.92 Å². The molecule has 138 valence electrons. The number of hydrogen-bond donors (Lipinski definition) is 2. The fourth-order valence-corrected chi connectivity index (χ4v) is 3.32. The third kappa shape index (κ3) is 4.50. The van der Waals surface area contributed by atoms with Gasteiger partial charge in [0.1, 0.15) is 0 Å². The standard InChI is InChI=1S/C20H25N3O3/c1-14-5-6-15-13-16(20(26)22-17(15)12-14)7-8-18(24)21-9-3-11-23-10-2-4-19(23)25/h5-6,12-13H,2-4,7-11H2,1H3,(H,21,24)(H,22,26). The molecule has 0 atom stereocenters. The van der Waals surface area contributed by atoms with Crippen molar-refractivity contribution in [2.75, 3.05) is 19.6 Å². The van der Waals surface area contributed by atoms with Crippen LogP contribution in [-0.4, -0.2) is 41.3 Å². The van der Waals surface area contributed by atoms with E-state index >= 15 is 0 Å². The lowest BCUT2D eigenvalue weighted by atomic mass is 10.1. The second-order valence-corrected chi connectivity index (χ2v) is 6.90. The van der Waals surface area contributed by atoms with Crippen LogP contribution in [0.25, 0.3) is 10.9 Å². The van der Waals surface area contributed by atoms with Crippen LogP contribution in [0.15, 0.2) is 29.1 Å². The molecular weight excluding hydrogens is 330 g/mol. The summed E-state index contributed by atoms with van der Waals surface area (Å²) in [5.74, 6) is 0.142. The molecule has 0 aliphatic carbocycles. The van der Waals surface area contributed by atoms with Gasteiger partial charge in [-0.1, -0.05) is 12.1 Å². The minimum absolute atomic E-state index is 0.0684. The van der Waals surface area contributed by atoms with E-state index < -0.39 is 0 Å². The highest BCUT2D eigenvalue weighted by Gasteiger charge is 2.19. The normalized spacial score (nSPS) is 14.2. The number of fused-ring (bicyclic) bond motifs is 1. The summed E-state index contributed by atoms with van der Waals surface area (Å²) in [5, 5.41) is 3.84. The van der Waals surface area contributed by atoms with Crippen molar-refractivity contribution in [3.8, 4) is 0 Å². The Hall–Kier alpha value is -2.63. The zero-order valence-electron chi connectivity index (χ0n) is 15.1. The number of H-pyrrole nitrogens is 1. The number of benzene rings is 1. The number of aromatic nitrogens is 1. The summed E-state index contributed by atoms with van der Waals surface area (Å²) in [4.78, 5) is 40.4. The number of nitrogens with zero attached hydrogens (tertiary/aromatic N) is 1. The maximum atomic E-state index is 12.2. The predicted octanol–water partition coefficient (Wildman–Crippen LogP) is 1.90. The van der Waals surface area contributed by atoms with Gasteiger partial charge in [0.25, 0.3) is 5.56 Å². The first-order valence-electron chi connectivity index (χ1n) is 9.20. The second kappa shape index (κ2) is 8.17. The smallest absolute Gasteiger partial charge is 0.251 e. The Morgan fingerprint density at radius 3 is 2.88 bits per heavy atom. The number of hydrogen-bond acceptors (Lipinski definition) is 3. The number of amides is 2. The number of aryl methyl sites for hydroxylation is 2. The van der Waals surface area contributed by atoms with E-state index in [0.29, 0.717) is 31.5 Å². The molecule has 0 bridgehead atoms. The van der Waals surface area contributed by atoms with E-state index in [2.05, 4.69) is 10.3 Å². The van der Waals surface area contributed by atoms with Crippen molar-refractivity contribution in [3.63, 3.8) is 0 Å². The largest absolute Gasteiger partial charge is 0.356 e. The number of carbonyl (C=O) groups excluding carboxylic acids is 2. The summed E-state index contributed by atoms with van der Waals surface area (Å²) in [6, 6.07) is 7.78. The minimum Gasteiger partial charge on any atom is -0.356 e. The molecule has 0 radical (unpaired) electrons. The van der Waals surface area contributed by atoms with Gasteiger partial charge >= 0.3 is 0 Å². The first-order valence-corrected chi connectivity index (χ1v) is 9.20. The molecule has 2 N–H and O–H groups in total. The van der Waals surface area contributed by atoms with E-state index in [1.807, 2.05) is 36.1 Å². The Balaban J connectivity index is 1.46. The van der Waals surface area contributed by atoms with Crippen molar-refractivity contribution < 1.29 is 9.59 Å². The zero-order chi connectivity index (χ0) is 18.5. The lowest BCUT2D eigenvalue weighted by molar-refractivity contribution is -0.127. The Kier molecular flexibility index (Phi) is 5.71. The van der Waals surface area contributed by atoms with E-state index in [0.717, 1.165) is 35.9 Å². The highest BCUT2D eigenvalue weighted by Crippen LogP contribution is 2.13. The third-order valence-corrected chi connectivity index (χ3v) is 4.80. The molecule has 2 amide bonds. The average Bonchev–Trinajstić information content (AvgIpc) is 3.02. The van der Waals surface area contributed by atoms with Gasteiger partial charge < -0.3 is 15.2 Å². The Morgan fingerprint density at radius 1 is 1.27 bits per heavy atom. The maximum Gasteiger partial charge on any atom is 0.251 e. The van der Waals surface area contributed by atoms with Crippen LogP contribution in [0.4, 0.5) is 0 Å². The number of pyridine rings is 1. The van der Waals surface area contributed by atoms with Gasteiger partial charge in [-0.15, -0.1) is 0 Å². The highest BCUT2D eigenvalue weighted by atomic mass is 16.2. The Labute approximate surface area is 152 Å². The van der Waals surface area contributed by atoms with Crippen molar-refractivity contribution in [1.29, 1.82) is 0 Å². The molecule has 6 heteroatoms. The first-order chi connectivity index (χ1) is 12.5. The average molecular weight is 355 g/mol. The van der Waals surface area contributed by atoms with Crippen molar-refractivity contribution in [3.05, 3.63) is 45.7 Å². The molecule has 2 heterocycles. The summed E-state index contributed by atoms with van der Waals surface area (Å²) in [6.45, 7) is 4.06. The molecule has 1 aromatic carbocycles. The van der Waals surface area contributed by atoms with Crippen LogP contribution >= 0.6 is 0 Å². The van der Waals surface area contributed by atoms with Crippen molar-refractivity contribution in [2.45, 2.75) is 39.0 Å². The van der Waals surface area contributed by atoms with Crippen LogP contribution in [0.2, 0.25) is 0 Å². The van der Waals surface area contributed by atoms with Gasteiger partial charge in [0.2, 0.25) is 11.8 Å². The van der Waals surface area contributed by atoms with Gasteiger partial charge in [-0.25, -0.2) is 0 Å². The fraction of sp³-hybridized carbons (Fsp3) is 0.450. The SMILES string of the molecule is Cc1ccc2cc(CCC(=O)NCCCN3CCCC3=O)c(=O)[nH]c2c1. The molecule has 1 aliphatic heterocycles. The molecule has 1 aromatic heterocycles. The highest BCUT2D eigenvalue weighted by molar-refractivity contribution is 5.80. The zero-order valence-corrected chi connectivity index (χ0v) is 15.1. The van der Waals surface area contributed by atoms with E-state index in [9.17, 15) is 14.4 Å². The van der Waals surface area contributed by atoms with Crippen LogP contribution in [0.1, 0.15) is 36.8 Å². The molecule has 0 unspecified atom stereocenters. The van der Waals surface area contributed by atoms with Gasteiger partial charge in [-0.3, -0.25) is 14.4 Å². The van der Waals surface area contributed by atoms with E-state index in [1.54, 1.807) is 0 Å². The lowest BCUT2D eigenvalue weighted by Gasteiger charge is -2.15. The van der Waals surface area contributed by atoms with E-state index in [1.165, 1.54) is 0 Å². The molecule has 0 saturated carbocycles. The molecule has 2 aromatic rings. The van der Waals surface area contributed by atoms with Gasteiger partial charge in [-0.05, 0) is 49.3 Å². The summed E-state index contributed by atoms with van der Waals surface area (Å²) in [5.41, 5.74) is 2.40. The van der Waals surface area contributed by atoms with Crippen LogP contribution in [0.5, 0.6) is 0 Å². The molecule has 26 heavy (non-hydrogen) atoms. The molecule has 1 fully saturated rings. The maximum absolute atomic E-state index is 12.2. The summed E-state index contributed by atoms with van der Waals surface area (Å²) in [7, 11) is 0. The van der Waals surface area contributed by atoms with Crippen molar-refractivity contribution >= 4 is 22.7 Å². The summed E-state index contributed by atoms with van der Waals surface area (Å²) in [6.07, 6.45) is 3.03. The monoisotopic (exact) mass is 355 g/mol. The van der Waals surface area contributed by atoms with Gasteiger partial charge in [-0.2, -0.15) is 0 Å². The Bertz CT molecular complexity index is 872. The number of aromatic amines is 1. The van der Waals surface area contributed by atoms with Gasteiger partial charge in [0, 0.05) is 43.6 Å². The number of likely N-dealkylation sites (tertiary alicyclic amines) is 1. The van der Waals surface area contributed by atoms with E-state index in [-0.39, 0.29) is 23.8 Å². The van der Waals surface area contributed by atoms with Crippen molar-refractivity contribution in [2.24, 2.45) is 0 Å². The molecular formula is C20H25N3O3. The second-order valence-electron chi connectivity index (χ2n) is 6.90. The van der Waals surface area contributed by atoms with Gasteiger partial charge in [0.05, 0.1) is 0 Å². The van der Waals surface area contributed by atoms with E-state index in [4.69, 9.17) is 0 Å². The lowest BCUT2D eigenvalue weighted by Crippen LogP contribution is -2.31. The fourth-order valence-electron chi connectivity index (χ4n) is 3.32. The molecule has 1 aliphatic rings. The topological polar surface area (TPSA) is 82.3 Å². The number of rotatable bonds is 7. The molecule has 1 saturated heterocycles. The van der Waals surface area contributed by atoms with Crippen LogP contribution in [0.3, 0.4) is 0 Å². The Morgan fingerprint density at radius 2 is 2.12 bits per heavy atom. The quantitative estimate of drug-likeness (QED) is 0.744. The summed E-state index contributed by atoms with van der Waals surface area (Å²) >= 11 is 0.